The van der Waals surface area contributed by atoms with E-state index in [1.165, 1.54) is 24.3 Å². The fraction of sp³-hybridized carbons (Fsp3) is 0.0476. The van der Waals surface area contributed by atoms with Crippen LogP contribution < -0.4 is 0 Å². The van der Waals surface area contributed by atoms with E-state index >= 15 is 0 Å². The van der Waals surface area contributed by atoms with Crippen LogP contribution in [-0.4, -0.2) is 15.2 Å². The number of aliphatic hydroxyl groups is 1. The van der Waals surface area contributed by atoms with Gasteiger partial charge in [0.05, 0.1) is 5.56 Å². The third-order valence-electron chi connectivity index (χ3n) is 4.23. The van der Waals surface area contributed by atoms with Gasteiger partial charge in [0.15, 0.2) is 5.76 Å². The second kappa shape index (κ2) is 7.09. The highest BCUT2D eigenvalue weighted by Crippen LogP contribution is 2.38. The molecule has 2 aromatic heterocycles. The summed E-state index contributed by atoms with van der Waals surface area (Å²) in [6.45, 7) is 0. The fourth-order valence-corrected chi connectivity index (χ4v) is 2.88. The number of hydrogen-bond donors (Lipinski definition) is 1. The highest BCUT2D eigenvalue weighted by molar-refractivity contribution is 5.74. The summed E-state index contributed by atoms with van der Waals surface area (Å²) < 4.78 is 32.1. The van der Waals surface area contributed by atoms with Crippen molar-refractivity contribution in [3.05, 3.63) is 95.8 Å². The van der Waals surface area contributed by atoms with Crippen molar-refractivity contribution in [1.29, 1.82) is 0 Å². The summed E-state index contributed by atoms with van der Waals surface area (Å²) in [6, 6.07) is 14.9. The predicted molar refractivity (Wildman–Crippen MR) is 95.6 cm³/mol. The van der Waals surface area contributed by atoms with Gasteiger partial charge in [-0.25, -0.2) is 8.78 Å². The minimum Gasteiger partial charge on any atom is -0.383 e. The van der Waals surface area contributed by atoms with Crippen LogP contribution in [0.2, 0.25) is 0 Å². The Morgan fingerprint density at radius 3 is 2.07 bits per heavy atom. The highest BCUT2D eigenvalue weighted by Gasteiger charge is 2.26. The van der Waals surface area contributed by atoms with E-state index in [0.717, 1.165) is 0 Å². The van der Waals surface area contributed by atoms with Crippen molar-refractivity contribution in [1.82, 2.24) is 10.1 Å². The molecular weight excluding hydrogens is 350 g/mol. The first-order chi connectivity index (χ1) is 13.1. The number of hydrogen-bond acceptors (Lipinski definition) is 4. The molecule has 0 bridgehead atoms. The van der Waals surface area contributed by atoms with E-state index in [0.29, 0.717) is 33.7 Å². The van der Waals surface area contributed by atoms with Gasteiger partial charge in [0, 0.05) is 29.1 Å². The van der Waals surface area contributed by atoms with Gasteiger partial charge in [-0.05, 0) is 54.6 Å². The van der Waals surface area contributed by atoms with E-state index in [-0.39, 0.29) is 11.6 Å². The summed E-state index contributed by atoms with van der Waals surface area (Å²) in [7, 11) is 0. The minimum atomic E-state index is -1.08. The number of aliphatic hydroxyl groups excluding tert-OH is 1. The van der Waals surface area contributed by atoms with Crippen LogP contribution in [0.5, 0.6) is 0 Å². The zero-order chi connectivity index (χ0) is 18.8. The average Bonchev–Trinajstić information content (AvgIpc) is 3.14. The Labute approximate surface area is 153 Å². The first kappa shape index (κ1) is 17.1. The summed E-state index contributed by atoms with van der Waals surface area (Å²) in [5.41, 5.74) is 2.49. The first-order valence-electron chi connectivity index (χ1n) is 8.23. The molecule has 1 unspecified atom stereocenters. The lowest BCUT2D eigenvalue weighted by Crippen LogP contribution is -2.02. The van der Waals surface area contributed by atoms with Gasteiger partial charge < -0.3 is 9.63 Å². The van der Waals surface area contributed by atoms with Gasteiger partial charge in [0.2, 0.25) is 0 Å². The Morgan fingerprint density at radius 2 is 1.48 bits per heavy atom. The van der Waals surface area contributed by atoms with Crippen LogP contribution in [0.15, 0.2) is 77.6 Å². The number of nitrogens with zero attached hydrogens (tertiary/aromatic N) is 2. The molecule has 6 heteroatoms. The summed E-state index contributed by atoms with van der Waals surface area (Å²) in [5, 5.41) is 15.1. The summed E-state index contributed by atoms with van der Waals surface area (Å²) in [6.07, 6.45) is 2.07. The Bertz CT molecular complexity index is 983. The van der Waals surface area contributed by atoms with Crippen molar-refractivity contribution >= 4 is 0 Å². The maximum Gasteiger partial charge on any atom is 0.173 e. The molecule has 0 fully saturated rings. The molecule has 27 heavy (non-hydrogen) atoms. The lowest BCUT2D eigenvalue weighted by Gasteiger charge is -2.12. The van der Waals surface area contributed by atoms with Crippen molar-refractivity contribution in [2.75, 3.05) is 0 Å². The van der Waals surface area contributed by atoms with Crippen molar-refractivity contribution in [2.45, 2.75) is 6.10 Å². The largest absolute Gasteiger partial charge is 0.383 e. The number of halogens is 2. The molecule has 0 spiro atoms. The van der Waals surface area contributed by atoms with Crippen molar-refractivity contribution in [2.24, 2.45) is 0 Å². The molecule has 1 N–H and O–H groups in total. The SMILES string of the molecule is OC(c1cccnc1)c1c(-c2ccc(F)cc2)noc1-c1ccc(F)cc1. The van der Waals surface area contributed by atoms with E-state index in [1.807, 2.05) is 0 Å². The Morgan fingerprint density at radius 1 is 0.852 bits per heavy atom. The maximum absolute atomic E-state index is 13.3. The summed E-state index contributed by atoms with van der Waals surface area (Å²) in [4.78, 5) is 4.03. The Kier molecular flexibility index (Phi) is 4.48. The molecule has 0 radical (unpaired) electrons. The molecule has 4 nitrogen and oxygen atoms in total. The fourth-order valence-electron chi connectivity index (χ4n) is 2.88. The van der Waals surface area contributed by atoms with Gasteiger partial charge in [0.25, 0.3) is 0 Å². The van der Waals surface area contributed by atoms with Crippen molar-refractivity contribution in [3.8, 4) is 22.6 Å². The highest BCUT2D eigenvalue weighted by atomic mass is 19.1. The summed E-state index contributed by atoms with van der Waals surface area (Å²) >= 11 is 0. The molecule has 2 aromatic carbocycles. The third kappa shape index (κ3) is 3.35. The van der Waals surface area contributed by atoms with Crippen LogP contribution in [0.3, 0.4) is 0 Å². The normalized spacial score (nSPS) is 12.1. The smallest absolute Gasteiger partial charge is 0.173 e. The lowest BCUT2D eigenvalue weighted by atomic mass is 9.95. The molecule has 4 rings (SSSR count). The van der Waals surface area contributed by atoms with Crippen molar-refractivity contribution < 1.29 is 18.4 Å². The van der Waals surface area contributed by atoms with Gasteiger partial charge in [-0.15, -0.1) is 0 Å². The zero-order valence-electron chi connectivity index (χ0n) is 14.0. The molecule has 1 atom stereocenters. The van der Waals surface area contributed by atoms with Crippen LogP contribution >= 0.6 is 0 Å². The van der Waals surface area contributed by atoms with Gasteiger partial charge in [-0.3, -0.25) is 4.98 Å². The monoisotopic (exact) mass is 364 g/mol. The number of aromatic nitrogens is 2. The van der Waals surface area contributed by atoms with E-state index < -0.39 is 6.10 Å². The average molecular weight is 364 g/mol. The summed E-state index contributed by atoms with van der Waals surface area (Å²) in [5.74, 6) is -0.451. The van der Waals surface area contributed by atoms with Crippen LogP contribution in [-0.2, 0) is 0 Å². The minimum absolute atomic E-state index is 0.311. The van der Waals surface area contributed by atoms with Gasteiger partial charge >= 0.3 is 0 Å². The standard InChI is InChI=1S/C21H14F2N2O2/c22-16-7-3-13(4-8-16)19-18(20(26)15-2-1-11-24-12-15)21(27-25-19)14-5-9-17(23)10-6-14/h1-12,20,26H. The van der Waals surface area contributed by atoms with Crippen LogP contribution in [0.1, 0.15) is 17.2 Å². The molecule has 134 valence electrons. The number of rotatable bonds is 4. The van der Waals surface area contributed by atoms with Gasteiger partial charge in [-0.2, -0.15) is 0 Å². The number of pyridine rings is 1. The third-order valence-corrected chi connectivity index (χ3v) is 4.23. The van der Waals surface area contributed by atoms with Crippen LogP contribution in [0.4, 0.5) is 8.78 Å². The molecule has 0 saturated heterocycles. The van der Waals surface area contributed by atoms with E-state index in [4.69, 9.17) is 4.52 Å². The Balaban J connectivity index is 1.89. The van der Waals surface area contributed by atoms with Crippen LogP contribution in [0.25, 0.3) is 22.6 Å². The molecular formula is C21H14F2N2O2. The molecule has 0 amide bonds. The topological polar surface area (TPSA) is 59.2 Å². The second-order valence-corrected chi connectivity index (χ2v) is 5.98. The molecule has 4 aromatic rings. The van der Waals surface area contributed by atoms with E-state index in [1.54, 1.807) is 48.8 Å². The zero-order valence-corrected chi connectivity index (χ0v) is 14.0. The quantitative estimate of drug-likeness (QED) is 0.567. The second-order valence-electron chi connectivity index (χ2n) is 5.98. The Hall–Kier alpha value is -3.38. The molecule has 0 aliphatic heterocycles. The predicted octanol–water partition coefficient (Wildman–Crippen LogP) is 4.76. The van der Waals surface area contributed by atoms with Crippen molar-refractivity contribution in [3.63, 3.8) is 0 Å². The molecule has 0 saturated carbocycles. The van der Waals surface area contributed by atoms with E-state index in [9.17, 15) is 13.9 Å². The maximum atomic E-state index is 13.3. The molecule has 0 aliphatic carbocycles. The molecule has 0 aliphatic rings. The number of benzene rings is 2. The first-order valence-corrected chi connectivity index (χ1v) is 8.23. The van der Waals surface area contributed by atoms with Gasteiger partial charge in [0.1, 0.15) is 23.4 Å². The van der Waals surface area contributed by atoms with E-state index in [2.05, 4.69) is 10.1 Å². The lowest BCUT2D eigenvalue weighted by molar-refractivity contribution is 0.220. The van der Waals surface area contributed by atoms with Gasteiger partial charge in [-0.1, -0.05) is 11.2 Å². The molecule has 2 heterocycles. The van der Waals surface area contributed by atoms with Crippen LogP contribution in [0, 0.1) is 11.6 Å².